The summed E-state index contributed by atoms with van der Waals surface area (Å²) in [6.45, 7) is 7.81. The summed E-state index contributed by atoms with van der Waals surface area (Å²) in [5.41, 5.74) is 4.12. The van der Waals surface area contributed by atoms with Gasteiger partial charge in [0.1, 0.15) is 0 Å². The van der Waals surface area contributed by atoms with E-state index in [0.29, 0.717) is 22.4 Å². The van der Waals surface area contributed by atoms with Gasteiger partial charge in [-0.25, -0.2) is 9.97 Å². The minimum atomic E-state index is -0.276. The first kappa shape index (κ1) is 22.4. The number of amides is 1. The van der Waals surface area contributed by atoms with Gasteiger partial charge in [0.15, 0.2) is 0 Å². The van der Waals surface area contributed by atoms with Crippen LogP contribution in [0.15, 0.2) is 67.4 Å². The van der Waals surface area contributed by atoms with E-state index in [0.717, 1.165) is 43.5 Å². The van der Waals surface area contributed by atoms with Crippen molar-refractivity contribution in [2.45, 2.75) is 18.9 Å². The highest BCUT2D eigenvalue weighted by atomic mass is 35.5. The second-order valence-electron chi connectivity index (χ2n) is 8.59. The number of carbonyl (C=O) groups is 1. The molecule has 1 amide bonds. The maximum Gasteiger partial charge on any atom is 0.247 e. The molecule has 8 heteroatoms. The Kier molecular flexibility index (Phi) is 6.47. The molecule has 3 aromatic rings. The lowest BCUT2D eigenvalue weighted by Gasteiger charge is -2.36. The van der Waals surface area contributed by atoms with Crippen LogP contribution in [0, 0.1) is 0 Å². The third-order valence-electron chi connectivity index (χ3n) is 6.18. The molecule has 174 valence electrons. The Morgan fingerprint density at radius 2 is 1.82 bits per heavy atom. The number of nitrogens with zero attached hydrogens (tertiary/aromatic N) is 4. The molecule has 2 aromatic carbocycles. The molecule has 0 radical (unpaired) electrons. The molecular formula is C26H27ClN6O. The van der Waals surface area contributed by atoms with Gasteiger partial charge in [0.25, 0.3) is 0 Å². The number of hydrogen-bond donors (Lipinski definition) is 2. The van der Waals surface area contributed by atoms with Gasteiger partial charge in [-0.15, -0.1) is 0 Å². The van der Waals surface area contributed by atoms with Gasteiger partial charge in [-0.2, -0.15) is 0 Å². The Balaban J connectivity index is 1.31. The molecule has 0 spiro atoms. The van der Waals surface area contributed by atoms with E-state index in [2.05, 4.69) is 49.1 Å². The predicted molar refractivity (Wildman–Crippen MR) is 138 cm³/mol. The van der Waals surface area contributed by atoms with Crippen molar-refractivity contribution in [1.29, 1.82) is 0 Å². The zero-order valence-corrected chi connectivity index (χ0v) is 19.6. The average molecular weight is 475 g/mol. The quantitative estimate of drug-likeness (QED) is 0.472. The molecule has 5 rings (SSSR count). The number of aromatic nitrogens is 2. The molecular weight excluding hydrogens is 448 g/mol. The largest absolute Gasteiger partial charge is 0.369 e. The first-order valence-electron chi connectivity index (χ1n) is 11.5. The van der Waals surface area contributed by atoms with Crippen molar-refractivity contribution in [2.75, 3.05) is 41.7 Å². The van der Waals surface area contributed by atoms with Crippen LogP contribution in [0.5, 0.6) is 0 Å². The van der Waals surface area contributed by atoms with Crippen LogP contribution in [0.4, 0.5) is 23.0 Å². The van der Waals surface area contributed by atoms with Crippen LogP contribution in [0.3, 0.4) is 0 Å². The number of hydrogen-bond acceptors (Lipinski definition) is 6. The molecule has 34 heavy (non-hydrogen) atoms. The van der Waals surface area contributed by atoms with E-state index < -0.39 is 0 Å². The summed E-state index contributed by atoms with van der Waals surface area (Å²) in [6, 6.07) is 16.5. The monoisotopic (exact) mass is 474 g/mol. The van der Waals surface area contributed by atoms with E-state index in [9.17, 15) is 4.79 Å². The van der Waals surface area contributed by atoms with Crippen LogP contribution in [-0.2, 0) is 4.79 Å². The summed E-state index contributed by atoms with van der Waals surface area (Å²) < 4.78 is 0. The van der Waals surface area contributed by atoms with Crippen molar-refractivity contribution in [2.24, 2.45) is 0 Å². The number of halogens is 1. The molecule has 2 N–H and O–H groups in total. The number of nitrogens with one attached hydrogen (secondary N) is 2. The van der Waals surface area contributed by atoms with Crippen molar-refractivity contribution in [3.05, 3.63) is 72.4 Å². The summed E-state index contributed by atoms with van der Waals surface area (Å²) in [5.74, 6) is 0.178. The lowest BCUT2D eigenvalue weighted by molar-refractivity contribution is -0.111. The van der Waals surface area contributed by atoms with E-state index in [-0.39, 0.29) is 5.91 Å². The summed E-state index contributed by atoms with van der Waals surface area (Å²) in [4.78, 5) is 25.7. The molecule has 7 nitrogen and oxygen atoms in total. The van der Waals surface area contributed by atoms with Gasteiger partial charge >= 0.3 is 0 Å². The third-order valence-corrected chi connectivity index (χ3v) is 6.45. The second-order valence-corrected chi connectivity index (χ2v) is 9.00. The Hall–Kier alpha value is -3.42. The topological polar surface area (TPSA) is 73.4 Å². The minimum absolute atomic E-state index is 0.276. The van der Waals surface area contributed by atoms with Gasteiger partial charge in [0.05, 0.1) is 16.9 Å². The predicted octanol–water partition coefficient (Wildman–Crippen LogP) is 4.95. The minimum Gasteiger partial charge on any atom is -0.369 e. The normalized spacial score (nSPS) is 16.2. The lowest BCUT2D eigenvalue weighted by Crippen LogP contribution is -2.47. The van der Waals surface area contributed by atoms with E-state index in [1.807, 2.05) is 30.3 Å². The molecule has 2 heterocycles. The fourth-order valence-corrected chi connectivity index (χ4v) is 4.46. The van der Waals surface area contributed by atoms with E-state index in [4.69, 9.17) is 11.6 Å². The third kappa shape index (κ3) is 5.21. The van der Waals surface area contributed by atoms with Gasteiger partial charge in [0.2, 0.25) is 11.9 Å². The van der Waals surface area contributed by atoms with E-state index >= 15 is 0 Å². The molecule has 1 aromatic heterocycles. The van der Waals surface area contributed by atoms with Gasteiger partial charge in [-0.05, 0) is 49.2 Å². The van der Waals surface area contributed by atoms with Crippen molar-refractivity contribution in [3.8, 4) is 11.3 Å². The molecule has 1 saturated heterocycles. The fraction of sp³-hybridized carbons (Fsp3) is 0.269. The number of anilines is 4. The average Bonchev–Trinajstić information content (AvgIpc) is 3.71. The Morgan fingerprint density at radius 3 is 2.59 bits per heavy atom. The summed E-state index contributed by atoms with van der Waals surface area (Å²) >= 11 is 6.42. The molecule has 1 aliphatic heterocycles. The van der Waals surface area contributed by atoms with Crippen molar-refractivity contribution in [3.63, 3.8) is 0 Å². The van der Waals surface area contributed by atoms with Crippen LogP contribution in [0.25, 0.3) is 11.3 Å². The van der Waals surface area contributed by atoms with Crippen molar-refractivity contribution in [1.82, 2.24) is 14.9 Å². The smallest absolute Gasteiger partial charge is 0.247 e. The van der Waals surface area contributed by atoms with Crippen molar-refractivity contribution < 1.29 is 4.79 Å². The van der Waals surface area contributed by atoms with Crippen LogP contribution in [-0.4, -0.2) is 53.0 Å². The standard InChI is InChI=1S/C26H27ClN6O/c1-2-24(34)29-19-6-3-5-18(15-19)25-23(27)17-28-26(31-25)30-20-7-4-8-22(16-20)33-13-11-32(12-14-33)21-9-10-21/h2-8,15-17,21H,1,9-14H2,(H,29,34)(H,28,30,31). The molecule has 1 aliphatic carbocycles. The SMILES string of the molecule is C=CC(=O)Nc1cccc(-c2nc(Nc3cccc(N4CCN(C5CC5)CC4)c3)ncc2Cl)c1. The highest BCUT2D eigenvalue weighted by molar-refractivity contribution is 6.33. The van der Waals surface area contributed by atoms with Crippen LogP contribution in [0.1, 0.15) is 12.8 Å². The van der Waals surface area contributed by atoms with Crippen molar-refractivity contribution >= 4 is 40.5 Å². The van der Waals surface area contributed by atoms with E-state index in [1.54, 1.807) is 12.3 Å². The zero-order valence-electron chi connectivity index (χ0n) is 18.9. The van der Waals surface area contributed by atoms with Gasteiger partial charge in [-0.3, -0.25) is 9.69 Å². The fourth-order valence-electron chi connectivity index (χ4n) is 4.26. The number of carbonyl (C=O) groups excluding carboxylic acids is 1. The summed E-state index contributed by atoms with van der Waals surface area (Å²) in [7, 11) is 0. The summed E-state index contributed by atoms with van der Waals surface area (Å²) in [5, 5.41) is 6.50. The van der Waals surface area contributed by atoms with Gasteiger partial charge in [-0.1, -0.05) is 36.4 Å². The van der Waals surface area contributed by atoms with E-state index in [1.165, 1.54) is 24.6 Å². The zero-order chi connectivity index (χ0) is 23.5. The summed E-state index contributed by atoms with van der Waals surface area (Å²) in [6.07, 6.45) is 5.53. The molecule has 0 atom stereocenters. The molecule has 0 bridgehead atoms. The Labute approximate surface area is 204 Å². The number of piperazine rings is 1. The maximum absolute atomic E-state index is 11.6. The van der Waals surface area contributed by atoms with Gasteiger partial charge in [0, 0.05) is 54.8 Å². The highest BCUT2D eigenvalue weighted by Crippen LogP contribution is 2.31. The molecule has 0 unspecified atom stereocenters. The Bertz CT molecular complexity index is 1200. The number of rotatable bonds is 7. The molecule has 2 fully saturated rings. The lowest BCUT2D eigenvalue weighted by atomic mass is 10.1. The second kappa shape index (κ2) is 9.83. The Morgan fingerprint density at radius 1 is 1.06 bits per heavy atom. The highest BCUT2D eigenvalue weighted by Gasteiger charge is 2.31. The first-order chi connectivity index (χ1) is 16.6. The van der Waals surface area contributed by atoms with Crippen LogP contribution >= 0.6 is 11.6 Å². The first-order valence-corrected chi connectivity index (χ1v) is 11.9. The van der Waals surface area contributed by atoms with Crippen LogP contribution in [0.2, 0.25) is 5.02 Å². The maximum atomic E-state index is 11.6. The van der Waals surface area contributed by atoms with Crippen LogP contribution < -0.4 is 15.5 Å². The number of benzene rings is 2. The molecule has 2 aliphatic rings. The van der Waals surface area contributed by atoms with Gasteiger partial charge < -0.3 is 15.5 Å². The molecule has 1 saturated carbocycles.